The molecule has 1 aliphatic heterocycles. The topological polar surface area (TPSA) is 64.2 Å². The lowest BCUT2D eigenvalue weighted by atomic mass is 10.2. The first-order valence-corrected chi connectivity index (χ1v) is 12.1. The first-order valence-electron chi connectivity index (χ1n) is 10.2. The maximum atomic E-state index is 13.2. The lowest BCUT2D eigenvalue weighted by Gasteiger charge is -2.22. The highest BCUT2D eigenvalue weighted by molar-refractivity contribution is 8.00. The molecule has 3 heterocycles. The third kappa shape index (κ3) is 4.59. The monoisotopic (exact) mass is 442 g/mol. The van der Waals surface area contributed by atoms with Crippen LogP contribution in [0.1, 0.15) is 27.2 Å². The van der Waals surface area contributed by atoms with Gasteiger partial charge in [0.2, 0.25) is 5.91 Å². The summed E-state index contributed by atoms with van der Waals surface area (Å²) in [7, 11) is 0. The van der Waals surface area contributed by atoms with E-state index in [1.165, 1.54) is 16.7 Å². The minimum Gasteiger partial charge on any atom is -0.461 e. The van der Waals surface area contributed by atoms with Gasteiger partial charge in [-0.05, 0) is 36.6 Å². The predicted octanol–water partition coefficient (Wildman–Crippen LogP) is 5.20. The van der Waals surface area contributed by atoms with Crippen LogP contribution in [0.15, 0.2) is 57.1 Å². The van der Waals surface area contributed by atoms with E-state index in [0.717, 1.165) is 30.4 Å². The predicted molar refractivity (Wildman–Crippen MR) is 122 cm³/mol. The highest BCUT2D eigenvalue weighted by atomic mass is 32.2. The summed E-state index contributed by atoms with van der Waals surface area (Å²) in [5, 5.41) is 9.92. The number of nitrogens with zero attached hydrogens (tertiary/aromatic N) is 4. The Kier molecular flexibility index (Phi) is 6.53. The van der Waals surface area contributed by atoms with Gasteiger partial charge in [0.15, 0.2) is 16.7 Å². The fraction of sp³-hybridized carbons (Fsp3) is 0.409. The van der Waals surface area contributed by atoms with Crippen LogP contribution in [-0.4, -0.2) is 38.2 Å². The molecular weight excluding hydrogens is 416 g/mol. The Bertz CT molecular complexity index is 1000. The molecular formula is C22H26N4O2S2. The van der Waals surface area contributed by atoms with Gasteiger partial charge in [-0.25, -0.2) is 0 Å². The van der Waals surface area contributed by atoms with E-state index in [9.17, 15) is 4.79 Å². The second kappa shape index (κ2) is 9.31. The molecule has 3 aromatic rings. The Balaban J connectivity index is 1.53. The molecule has 0 fully saturated rings. The van der Waals surface area contributed by atoms with Crippen molar-refractivity contribution in [3.05, 3.63) is 42.7 Å². The van der Waals surface area contributed by atoms with Crippen molar-refractivity contribution in [1.82, 2.24) is 14.8 Å². The molecule has 0 aliphatic carbocycles. The normalized spacial score (nSPS) is 16.5. The van der Waals surface area contributed by atoms with Gasteiger partial charge in [0.1, 0.15) is 0 Å². The summed E-state index contributed by atoms with van der Waals surface area (Å²) in [5.74, 6) is 2.23. The number of carbonyl (C=O) groups excluding carboxylic acids is 1. The first kappa shape index (κ1) is 21.1. The fourth-order valence-corrected chi connectivity index (χ4v) is 5.40. The van der Waals surface area contributed by atoms with Gasteiger partial charge in [-0.15, -0.1) is 22.0 Å². The number of benzene rings is 1. The molecule has 6 nitrogen and oxygen atoms in total. The second-order valence-electron chi connectivity index (χ2n) is 7.81. The van der Waals surface area contributed by atoms with Crippen LogP contribution in [0.3, 0.4) is 0 Å². The van der Waals surface area contributed by atoms with Crippen LogP contribution in [0.2, 0.25) is 0 Å². The molecule has 158 valence electrons. The summed E-state index contributed by atoms with van der Waals surface area (Å²) < 4.78 is 7.58. The molecule has 0 radical (unpaired) electrons. The van der Waals surface area contributed by atoms with Crippen molar-refractivity contribution in [2.45, 2.75) is 49.0 Å². The van der Waals surface area contributed by atoms with Gasteiger partial charge in [0.05, 0.1) is 17.7 Å². The molecule has 0 N–H and O–H groups in total. The highest BCUT2D eigenvalue weighted by Gasteiger charge is 2.25. The summed E-state index contributed by atoms with van der Waals surface area (Å²) in [6, 6.07) is 11.9. The van der Waals surface area contributed by atoms with Crippen LogP contribution in [0, 0.1) is 5.92 Å². The zero-order valence-corrected chi connectivity index (χ0v) is 19.1. The van der Waals surface area contributed by atoms with Crippen molar-refractivity contribution in [3.8, 4) is 11.6 Å². The molecule has 1 aromatic carbocycles. The molecule has 2 aromatic heterocycles. The van der Waals surface area contributed by atoms with Crippen LogP contribution in [-0.2, 0) is 11.3 Å². The molecule has 1 aliphatic rings. The van der Waals surface area contributed by atoms with Gasteiger partial charge in [-0.1, -0.05) is 44.7 Å². The molecule has 8 heteroatoms. The number of rotatable bonds is 6. The standard InChI is InChI=1S/C22H26N4O2S2/c1-15(2)13-26-21(18-8-6-12-28-18)23-24-22(26)29-14-20(27)25-11-10-16(3)30-19-9-5-4-7-17(19)25/h4-9,12,15-16H,10-11,13-14H2,1-3H3. The van der Waals surface area contributed by atoms with Gasteiger partial charge in [-0.2, -0.15) is 0 Å². The second-order valence-corrected chi connectivity index (χ2v) is 10.2. The molecule has 4 rings (SSSR count). The SMILES string of the molecule is CC(C)Cn1c(SCC(=O)N2CCC(C)Sc3ccccc32)nnc1-c1ccco1. The quantitative estimate of drug-likeness (QED) is 0.489. The molecule has 1 unspecified atom stereocenters. The maximum Gasteiger partial charge on any atom is 0.237 e. The average Bonchev–Trinajstić information content (AvgIpc) is 3.33. The summed E-state index contributed by atoms with van der Waals surface area (Å²) in [4.78, 5) is 16.3. The number of amides is 1. The van der Waals surface area contributed by atoms with E-state index in [2.05, 4.69) is 41.6 Å². The van der Waals surface area contributed by atoms with E-state index in [4.69, 9.17) is 4.42 Å². The molecule has 0 bridgehead atoms. The number of thioether (sulfide) groups is 2. The summed E-state index contributed by atoms with van der Waals surface area (Å²) in [6.45, 7) is 8.02. The lowest BCUT2D eigenvalue weighted by molar-refractivity contribution is -0.116. The number of hydrogen-bond donors (Lipinski definition) is 0. The molecule has 1 atom stereocenters. The molecule has 1 amide bonds. The minimum absolute atomic E-state index is 0.0980. The molecule has 0 saturated heterocycles. The van der Waals surface area contributed by atoms with Crippen LogP contribution in [0.25, 0.3) is 11.6 Å². The molecule has 30 heavy (non-hydrogen) atoms. The molecule has 0 saturated carbocycles. The number of aromatic nitrogens is 3. The maximum absolute atomic E-state index is 13.2. The van der Waals surface area contributed by atoms with Gasteiger partial charge < -0.3 is 9.32 Å². The van der Waals surface area contributed by atoms with E-state index in [0.29, 0.717) is 28.5 Å². The van der Waals surface area contributed by atoms with Crippen molar-refractivity contribution in [1.29, 1.82) is 0 Å². The van der Waals surface area contributed by atoms with Crippen molar-refractivity contribution in [2.75, 3.05) is 17.2 Å². The highest BCUT2D eigenvalue weighted by Crippen LogP contribution is 2.37. The number of anilines is 1. The first-order chi connectivity index (χ1) is 14.5. The van der Waals surface area contributed by atoms with Crippen LogP contribution < -0.4 is 4.90 Å². The zero-order valence-electron chi connectivity index (χ0n) is 17.4. The van der Waals surface area contributed by atoms with Gasteiger partial charge in [0.25, 0.3) is 0 Å². The summed E-state index contributed by atoms with van der Waals surface area (Å²) >= 11 is 3.28. The van der Waals surface area contributed by atoms with Crippen LogP contribution in [0.5, 0.6) is 0 Å². The van der Waals surface area contributed by atoms with Gasteiger partial charge in [-0.3, -0.25) is 9.36 Å². The van der Waals surface area contributed by atoms with Gasteiger partial charge in [0, 0.05) is 23.2 Å². The summed E-state index contributed by atoms with van der Waals surface area (Å²) in [5.41, 5.74) is 1.01. The summed E-state index contributed by atoms with van der Waals surface area (Å²) in [6.07, 6.45) is 2.61. The fourth-order valence-electron chi connectivity index (χ4n) is 3.46. The van der Waals surface area contributed by atoms with E-state index < -0.39 is 0 Å². The van der Waals surface area contributed by atoms with Crippen molar-refractivity contribution in [2.24, 2.45) is 5.92 Å². The number of hydrogen-bond acceptors (Lipinski definition) is 6. The smallest absolute Gasteiger partial charge is 0.237 e. The van der Waals surface area contributed by atoms with Crippen LogP contribution >= 0.6 is 23.5 Å². The van der Waals surface area contributed by atoms with Crippen LogP contribution in [0.4, 0.5) is 5.69 Å². The Morgan fingerprint density at radius 2 is 2.10 bits per heavy atom. The Hall–Kier alpha value is -2.19. The number of carbonyl (C=O) groups is 1. The Morgan fingerprint density at radius 3 is 2.87 bits per heavy atom. The van der Waals surface area contributed by atoms with E-state index in [1.807, 2.05) is 47.0 Å². The molecule has 0 spiro atoms. The Morgan fingerprint density at radius 1 is 1.27 bits per heavy atom. The number of furan rings is 1. The van der Waals surface area contributed by atoms with E-state index >= 15 is 0 Å². The number of fused-ring (bicyclic) bond motifs is 1. The number of para-hydroxylation sites is 1. The third-order valence-electron chi connectivity index (χ3n) is 4.88. The average molecular weight is 443 g/mol. The minimum atomic E-state index is 0.0980. The lowest BCUT2D eigenvalue weighted by Crippen LogP contribution is -2.33. The van der Waals surface area contributed by atoms with Crippen molar-refractivity contribution in [3.63, 3.8) is 0 Å². The van der Waals surface area contributed by atoms with Crippen molar-refractivity contribution >= 4 is 35.1 Å². The van der Waals surface area contributed by atoms with Crippen molar-refractivity contribution < 1.29 is 9.21 Å². The zero-order chi connectivity index (χ0) is 21.1. The van der Waals surface area contributed by atoms with E-state index in [1.54, 1.807) is 6.26 Å². The Labute approximate surface area is 185 Å². The van der Waals surface area contributed by atoms with Gasteiger partial charge >= 0.3 is 0 Å². The van der Waals surface area contributed by atoms with E-state index in [-0.39, 0.29) is 5.91 Å². The third-order valence-corrected chi connectivity index (χ3v) is 7.06. The largest absolute Gasteiger partial charge is 0.461 e.